The molecule has 3 aromatic rings. The van der Waals surface area contributed by atoms with Crippen molar-refractivity contribution in [2.75, 3.05) is 0 Å². The summed E-state index contributed by atoms with van der Waals surface area (Å²) in [5.74, 6) is 0.272. The van der Waals surface area contributed by atoms with Crippen LogP contribution in [0.3, 0.4) is 0 Å². The van der Waals surface area contributed by atoms with E-state index in [0.717, 1.165) is 22.2 Å². The third kappa shape index (κ3) is 1.65. The molecule has 0 spiro atoms. The van der Waals surface area contributed by atoms with Crippen LogP contribution in [0.2, 0.25) is 0 Å². The summed E-state index contributed by atoms with van der Waals surface area (Å²) in [5.41, 5.74) is 4.05. The fourth-order valence-corrected chi connectivity index (χ4v) is 1.98. The lowest BCUT2D eigenvalue weighted by molar-refractivity contribution is 0.475. The minimum Gasteiger partial charge on any atom is -0.508 e. The minimum absolute atomic E-state index is 0.272. The Hall–Kier alpha value is -2.29. The summed E-state index contributed by atoms with van der Waals surface area (Å²) in [6.45, 7) is 2.05. The lowest BCUT2D eigenvalue weighted by Crippen LogP contribution is -1.82. The van der Waals surface area contributed by atoms with Crippen molar-refractivity contribution in [1.29, 1.82) is 0 Å². The number of nitrogens with zero attached hydrogens (tertiary/aromatic N) is 1. The molecule has 0 bridgehead atoms. The van der Waals surface area contributed by atoms with E-state index in [-0.39, 0.29) is 5.75 Å². The Morgan fingerprint density at radius 1 is 1.18 bits per heavy atom. The zero-order valence-electron chi connectivity index (χ0n) is 9.44. The van der Waals surface area contributed by atoms with Crippen LogP contribution >= 0.6 is 0 Å². The number of H-pyrrole nitrogens is 1. The Bertz CT molecular complexity index is 686. The molecule has 3 rings (SSSR count). The molecule has 2 N–H and O–H groups in total. The highest BCUT2D eigenvalue weighted by molar-refractivity contribution is 5.84. The van der Waals surface area contributed by atoms with Crippen molar-refractivity contribution >= 4 is 11.0 Å². The van der Waals surface area contributed by atoms with Gasteiger partial charge in [-0.05, 0) is 36.2 Å². The van der Waals surface area contributed by atoms with Crippen LogP contribution in [0.15, 0.2) is 42.7 Å². The van der Waals surface area contributed by atoms with Gasteiger partial charge in [0.2, 0.25) is 0 Å². The zero-order chi connectivity index (χ0) is 11.8. The van der Waals surface area contributed by atoms with Gasteiger partial charge in [-0.25, -0.2) is 4.98 Å². The Morgan fingerprint density at radius 3 is 2.88 bits per heavy atom. The number of aromatic nitrogens is 2. The molecular formula is C14H12N2O. The molecule has 0 saturated carbocycles. The largest absolute Gasteiger partial charge is 0.508 e. The fraction of sp³-hybridized carbons (Fsp3) is 0.0714. The van der Waals surface area contributed by atoms with E-state index in [1.807, 2.05) is 31.5 Å². The first kappa shape index (κ1) is 9.90. The molecule has 17 heavy (non-hydrogen) atoms. The highest BCUT2D eigenvalue weighted by Gasteiger charge is 2.04. The quantitative estimate of drug-likeness (QED) is 0.666. The van der Waals surface area contributed by atoms with E-state index in [9.17, 15) is 5.11 Å². The van der Waals surface area contributed by atoms with Crippen molar-refractivity contribution in [1.82, 2.24) is 9.97 Å². The molecule has 3 nitrogen and oxygen atoms in total. The van der Waals surface area contributed by atoms with Crippen LogP contribution < -0.4 is 0 Å². The molecule has 84 valence electrons. The molecule has 0 aliphatic carbocycles. The summed E-state index contributed by atoms with van der Waals surface area (Å²) in [6, 6.07) is 9.29. The average Bonchev–Trinajstić information content (AvgIpc) is 2.71. The summed E-state index contributed by atoms with van der Waals surface area (Å²) in [5, 5.41) is 10.6. The van der Waals surface area contributed by atoms with E-state index in [2.05, 4.69) is 16.0 Å². The number of fused-ring (bicyclic) bond motifs is 1. The van der Waals surface area contributed by atoms with Crippen molar-refractivity contribution < 1.29 is 5.11 Å². The molecule has 0 atom stereocenters. The first-order chi connectivity index (χ1) is 8.24. The van der Waals surface area contributed by atoms with E-state index in [1.54, 1.807) is 12.1 Å². The molecule has 0 unspecified atom stereocenters. The van der Waals surface area contributed by atoms with Gasteiger partial charge in [0.25, 0.3) is 0 Å². The van der Waals surface area contributed by atoms with E-state index in [0.29, 0.717) is 0 Å². The molecule has 0 amide bonds. The Morgan fingerprint density at radius 2 is 2.06 bits per heavy atom. The number of aromatic hydroxyl groups is 1. The molecular weight excluding hydrogens is 212 g/mol. The summed E-state index contributed by atoms with van der Waals surface area (Å²) >= 11 is 0. The molecule has 2 heterocycles. The van der Waals surface area contributed by atoms with Gasteiger partial charge in [-0.2, -0.15) is 0 Å². The second-order valence-electron chi connectivity index (χ2n) is 4.14. The molecule has 1 aromatic carbocycles. The highest BCUT2D eigenvalue weighted by Crippen LogP contribution is 2.26. The summed E-state index contributed by atoms with van der Waals surface area (Å²) in [7, 11) is 0. The van der Waals surface area contributed by atoms with Crippen molar-refractivity contribution in [2.45, 2.75) is 6.92 Å². The molecule has 3 heteroatoms. The molecule has 0 fully saturated rings. The van der Waals surface area contributed by atoms with Crippen LogP contribution in [0.1, 0.15) is 5.56 Å². The van der Waals surface area contributed by atoms with Crippen molar-refractivity contribution in [2.24, 2.45) is 0 Å². The molecule has 0 aliphatic rings. The number of aromatic amines is 1. The number of pyridine rings is 1. The van der Waals surface area contributed by atoms with Crippen LogP contribution in [0.5, 0.6) is 5.75 Å². The lowest BCUT2D eigenvalue weighted by atomic mass is 10.1. The first-order valence-electron chi connectivity index (χ1n) is 5.47. The summed E-state index contributed by atoms with van der Waals surface area (Å²) in [6.07, 6.45) is 3.76. The normalized spacial score (nSPS) is 10.9. The smallest absolute Gasteiger partial charge is 0.137 e. The third-order valence-electron chi connectivity index (χ3n) is 2.92. The maximum atomic E-state index is 9.48. The third-order valence-corrected chi connectivity index (χ3v) is 2.92. The van der Waals surface area contributed by atoms with Crippen LogP contribution in [0.4, 0.5) is 0 Å². The van der Waals surface area contributed by atoms with Gasteiger partial charge in [-0.15, -0.1) is 0 Å². The Balaban J connectivity index is 2.20. The number of phenols is 1. The van der Waals surface area contributed by atoms with E-state index in [1.165, 1.54) is 5.56 Å². The van der Waals surface area contributed by atoms with Gasteiger partial charge in [-0.1, -0.05) is 12.1 Å². The molecule has 0 radical (unpaired) electrons. The fourth-order valence-electron chi connectivity index (χ4n) is 1.98. The second kappa shape index (κ2) is 3.63. The van der Waals surface area contributed by atoms with E-state index in [4.69, 9.17) is 0 Å². The highest BCUT2D eigenvalue weighted by atomic mass is 16.3. The number of rotatable bonds is 1. The molecule has 2 aromatic heterocycles. The summed E-state index contributed by atoms with van der Waals surface area (Å²) in [4.78, 5) is 7.49. The monoisotopic (exact) mass is 224 g/mol. The number of hydrogen-bond acceptors (Lipinski definition) is 2. The Kier molecular flexibility index (Phi) is 2.11. The van der Waals surface area contributed by atoms with Crippen LogP contribution in [0, 0.1) is 6.92 Å². The van der Waals surface area contributed by atoms with Gasteiger partial charge in [0, 0.05) is 23.3 Å². The van der Waals surface area contributed by atoms with Gasteiger partial charge >= 0.3 is 0 Å². The number of aryl methyl sites for hydroxylation is 1. The number of hydrogen-bond donors (Lipinski definition) is 2. The Labute approximate surface area is 98.8 Å². The standard InChI is InChI=1S/C14H12N2O/c1-9-7-15-14-13(9)6-11(8-16-14)10-3-2-4-12(17)5-10/h2-8,17H,1H3,(H,15,16). The molecule has 0 aliphatic heterocycles. The number of nitrogens with one attached hydrogen (secondary N) is 1. The van der Waals surface area contributed by atoms with Crippen molar-refractivity contribution in [3.63, 3.8) is 0 Å². The van der Waals surface area contributed by atoms with E-state index < -0.39 is 0 Å². The predicted octanol–water partition coefficient (Wildman–Crippen LogP) is 3.24. The average molecular weight is 224 g/mol. The molecule has 0 saturated heterocycles. The first-order valence-corrected chi connectivity index (χ1v) is 5.47. The zero-order valence-corrected chi connectivity index (χ0v) is 9.44. The van der Waals surface area contributed by atoms with Crippen molar-refractivity contribution in [3.05, 3.63) is 48.3 Å². The second-order valence-corrected chi connectivity index (χ2v) is 4.14. The number of benzene rings is 1. The van der Waals surface area contributed by atoms with Crippen LogP contribution in [-0.4, -0.2) is 15.1 Å². The van der Waals surface area contributed by atoms with E-state index >= 15 is 0 Å². The van der Waals surface area contributed by atoms with Crippen LogP contribution in [0.25, 0.3) is 22.2 Å². The van der Waals surface area contributed by atoms with Gasteiger partial charge in [0.15, 0.2) is 0 Å². The lowest BCUT2D eigenvalue weighted by Gasteiger charge is -2.02. The summed E-state index contributed by atoms with van der Waals surface area (Å²) < 4.78 is 0. The van der Waals surface area contributed by atoms with Crippen LogP contribution in [-0.2, 0) is 0 Å². The van der Waals surface area contributed by atoms with Gasteiger partial charge in [-0.3, -0.25) is 0 Å². The van der Waals surface area contributed by atoms with Gasteiger partial charge in [0.1, 0.15) is 11.4 Å². The van der Waals surface area contributed by atoms with Crippen molar-refractivity contribution in [3.8, 4) is 16.9 Å². The van der Waals surface area contributed by atoms with Gasteiger partial charge in [0.05, 0.1) is 0 Å². The SMILES string of the molecule is Cc1c[nH]c2ncc(-c3cccc(O)c3)cc12. The topological polar surface area (TPSA) is 48.9 Å². The van der Waals surface area contributed by atoms with Gasteiger partial charge < -0.3 is 10.1 Å². The predicted molar refractivity (Wildman–Crippen MR) is 67.9 cm³/mol. The maximum absolute atomic E-state index is 9.48. The number of phenolic OH excluding ortho intramolecular Hbond substituents is 1. The maximum Gasteiger partial charge on any atom is 0.137 e. The minimum atomic E-state index is 0.272.